The number of carboxylic acid groups (broad SMARTS) is 1. The van der Waals surface area contributed by atoms with Crippen LogP contribution in [0.25, 0.3) is 0 Å². The van der Waals surface area contributed by atoms with Crippen LogP contribution in [-0.2, 0) is 4.79 Å². The van der Waals surface area contributed by atoms with Gasteiger partial charge in [0.1, 0.15) is 5.75 Å². The van der Waals surface area contributed by atoms with Gasteiger partial charge in [0.15, 0.2) is 6.10 Å². The van der Waals surface area contributed by atoms with E-state index < -0.39 is 12.1 Å². The smallest absolute Gasteiger partial charge is 1.00 e. The van der Waals surface area contributed by atoms with Crippen molar-refractivity contribution in [2.24, 2.45) is 0 Å². The van der Waals surface area contributed by atoms with Crippen molar-refractivity contribution in [2.75, 3.05) is 0 Å². The molecule has 13 heavy (non-hydrogen) atoms. The van der Waals surface area contributed by atoms with Crippen LogP contribution in [0.15, 0.2) is 30.3 Å². The first-order valence-corrected chi connectivity index (χ1v) is 3.64. The monoisotopic (exact) mass is 190 g/mol. The fourth-order valence-corrected chi connectivity index (χ4v) is 0.754. The number of rotatable bonds is 3. The molecule has 1 aromatic rings. The minimum Gasteiger partial charge on any atom is -1.00 e. The third kappa shape index (κ3) is 4.31. The summed E-state index contributed by atoms with van der Waals surface area (Å²) in [6, 6.07) is 8.88. The van der Waals surface area contributed by atoms with Gasteiger partial charge in [-0.05, 0) is 19.1 Å². The molecule has 0 aromatic heterocycles. The zero-order chi connectivity index (χ0) is 8.97. The molecule has 0 saturated heterocycles. The number of benzene rings is 1. The molecule has 1 aromatic carbocycles. The van der Waals surface area contributed by atoms with Gasteiger partial charge in [0.05, 0.1) is 0 Å². The molecule has 66 valence electrons. The molecule has 0 spiro atoms. The van der Waals surface area contributed by atoms with Gasteiger partial charge in [-0.2, -0.15) is 0 Å². The molecular weight excluding hydrogens is 179 g/mol. The van der Waals surface area contributed by atoms with Crippen molar-refractivity contribution in [1.29, 1.82) is 0 Å². The zero-order valence-corrected chi connectivity index (χ0v) is 9.73. The Morgan fingerprint density at radius 2 is 2.00 bits per heavy atom. The van der Waals surface area contributed by atoms with Crippen LogP contribution >= 0.6 is 0 Å². The molecule has 0 bridgehead atoms. The summed E-state index contributed by atoms with van der Waals surface area (Å²) < 4.78 is 5.08. The van der Waals surface area contributed by atoms with Crippen molar-refractivity contribution in [3.63, 3.8) is 0 Å². The molecule has 0 heterocycles. The molecular formula is C9H11NaO3. The molecule has 4 heteroatoms. The molecule has 0 saturated carbocycles. The molecule has 0 amide bonds. The Morgan fingerprint density at radius 1 is 1.46 bits per heavy atom. The zero-order valence-electron chi connectivity index (χ0n) is 8.73. The second-order valence-electron chi connectivity index (χ2n) is 2.41. The largest absolute Gasteiger partial charge is 1.00 e. The van der Waals surface area contributed by atoms with Gasteiger partial charge in [-0.15, -0.1) is 0 Å². The van der Waals surface area contributed by atoms with Crippen LogP contribution < -0.4 is 34.3 Å². The molecule has 0 aliphatic carbocycles. The van der Waals surface area contributed by atoms with E-state index in [0.29, 0.717) is 5.75 Å². The molecule has 0 radical (unpaired) electrons. The third-order valence-electron chi connectivity index (χ3n) is 1.40. The predicted molar refractivity (Wildman–Crippen MR) is 45.3 cm³/mol. The summed E-state index contributed by atoms with van der Waals surface area (Å²) in [5.74, 6) is -0.383. The SMILES string of the molecule is CC(Oc1ccccc1)C(=O)O.[H-].[Na+]. The molecule has 0 aliphatic heterocycles. The summed E-state index contributed by atoms with van der Waals surface area (Å²) in [4.78, 5) is 10.4. The molecule has 1 N–H and O–H groups in total. The standard InChI is InChI=1S/C9H10O3.Na.H/c1-7(9(10)11)12-8-5-3-2-4-6-8;;/h2-7H,1H3,(H,10,11);;/q;+1;-1. The van der Waals surface area contributed by atoms with Crippen LogP contribution in [-0.4, -0.2) is 17.2 Å². The van der Waals surface area contributed by atoms with Crippen molar-refractivity contribution in [3.05, 3.63) is 30.3 Å². The quantitative estimate of drug-likeness (QED) is 0.600. The first-order chi connectivity index (χ1) is 5.70. The van der Waals surface area contributed by atoms with Gasteiger partial charge in [0, 0.05) is 0 Å². The first kappa shape index (κ1) is 12.5. The number of carbonyl (C=O) groups is 1. The van der Waals surface area contributed by atoms with Crippen LogP contribution in [0, 0.1) is 0 Å². The second-order valence-corrected chi connectivity index (χ2v) is 2.41. The summed E-state index contributed by atoms with van der Waals surface area (Å²) in [7, 11) is 0. The third-order valence-corrected chi connectivity index (χ3v) is 1.40. The summed E-state index contributed by atoms with van der Waals surface area (Å²) in [6.07, 6.45) is -0.799. The van der Waals surface area contributed by atoms with Gasteiger partial charge in [-0.25, -0.2) is 4.79 Å². The number of hydrogen-bond donors (Lipinski definition) is 1. The normalized spacial score (nSPS) is 11.2. The van der Waals surface area contributed by atoms with E-state index in [2.05, 4.69) is 0 Å². The van der Waals surface area contributed by atoms with Gasteiger partial charge in [-0.1, -0.05) is 18.2 Å². The maximum absolute atomic E-state index is 10.4. The van der Waals surface area contributed by atoms with Crippen molar-refractivity contribution >= 4 is 5.97 Å². The number of hydrogen-bond acceptors (Lipinski definition) is 2. The van der Waals surface area contributed by atoms with Gasteiger partial charge < -0.3 is 11.3 Å². The summed E-state index contributed by atoms with van der Waals surface area (Å²) in [5, 5.41) is 8.52. The fourth-order valence-electron chi connectivity index (χ4n) is 0.754. The molecule has 1 atom stereocenters. The van der Waals surface area contributed by atoms with Crippen LogP contribution in [0.5, 0.6) is 5.75 Å². The average molecular weight is 190 g/mol. The van der Waals surface area contributed by atoms with E-state index in [0.717, 1.165) is 0 Å². The van der Waals surface area contributed by atoms with E-state index >= 15 is 0 Å². The number of aliphatic carboxylic acids is 1. The summed E-state index contributed by atoms with van der Waals surface area (Å²) in [5.41, 5.74) is 0. The minimum atomic E-state index is -0.959. The van der Waals surface area contributed by atoms with Crippen molar-refractivity contribution in [1.82, 2.24) is 0 Å². The number of para-hydroxylation sites is 1. The molecule has 0 aliphatic rings. The van der Waals surface area contributed by atoms with E-state index in [1.807, 2.05) is 6.07 Å². The van der Waals surface area contributed by atoms with Gasteiger partial charge in [0.25, 0.3) is 0 Å². The molecule has 3 nitrogen and oxygen atoms in total. The number of carboxylic acids is 1. The summed E-state index contributed by atoms with van der Waals surface area (Å²) >= 11 is 0. The minimum absolute atomic E-state index is 0. The maximum atomic E-state index is 10.4. The van der Waals surface area contributed by atoms with E-state index in [9.17, 15) is 4.79 Å². The topological polar surface area (TPSA) is 46.5 Å². The Kier molecular flexibility index (Phi) is 5.79. The first-order valence-electron chi connectivity index (χ1n) is 3.64. The molecule has 1 unspecified atom stereocenters. The summed E-state index contributed by atoms with van der Waals surface area (Å²) in [6.45, 7) is 1.50. The molecule has 0 fully saturated rings. The van der Waals surface area contributed by atoms with Gasteiger partial charge >= 0.3 is 35.5 Å². The van der Waals surface area contributed by atoms with Crippen molar-refractivity contribution in [2.45, 2.75) is 13.0 Å². The van der Waals surface area contributed by atoms with E-state index in [-0.39, 0.29) is 31.0 Å². The van der Waals surface area contributed by atoms with E-state index in [4.69, 9.17) is 9.84 Å². The van der Waals surface area contributed by atoms with Crippen LogP contribution in [0.3, 0.4) is 0 Å². The second kappa shape index (κ2) is 6.02. The fraction of sp³-hybridized carbons (Fsp3) is 0.222. The predicted octanol–water partition coefficient (Wildman–Crippen LogP) is -1.34. The van der Waals surface area contributed by atoms with Crippen LogP contribution in [0.1, 0.15) is 8.35 Å². The van der Waals surface area contributed by atoms with E-state index in [1.54, 1.807) is 24.3 Å². The van der Waals surface area contributed by atoms with Crippen molar-refractivity contribution < 1.29 is 45.6 Å². The Hall–Kier alpha value is -0.510. The van der Waals surface area contributed by atoms with Gasteiger partial charge in [-0.3, -0.25) is 0 Å². The average Bonchev–Trinajstić information content (AvgIpc) is 2.06. The van der Waals surface area contributed by atoms with Crippen molar-refractivity contribution in [3.8, 4) is 5.75 Å². The number of ether oxygens (including phenoxy) is 1. The maximum Gasteiger partial charge on any atom is 1.00 e. The Balaban J connectivity index is 0. The Labute approximate surface area is 100 Å². The van der Waals surface area contributed by atoms with Crippen LogP contribution in [0.4, 0.5) is 0 Å². The van der Waals surface area contributed by atoms with Crippen LogP contribution in [0.2, 0.25) is 0 Å². The van der Waals surface area contributed by atoms with Gasteiger partial charge in [0.2, 0.25) is 0 Å². The Morgan fingerprint density at radius 3 is 2.46 bits per heavy atom. The molecule has 1 rings (SSSR count). The van der Waals surface area contributed by atoms with E-state index in [1.165, 1.54) is 6.92 Å². The Bertz CT molecular complexity index is 266.